The molecule has 0 aromatic heterocycles. The van der Waals surface area contributed by atoms with Gasteiger partial charge >= 0.3 is 6.18 Å². The molecule has 3 rings (SSSR count). The number of hydrazone groups is 1. The summed E-state index contributed by atoms with van der Waals surface area (Å²) in [5.41, 5.74) is -1.37. The van der Waals surface area contributed by atoms with Gasteiger partial charge in [0.2, 0.25) is 0 Å². The highest BCUT2D eigenvalue weighted by atomic mass is 32.2. The Morgan fingerprint density at radius 3 is 2.22 bits per heavy atom. The Balaban J connectivity index is 2.05. The number of benzene rings is 2. The molecule has 1 aliphatic heterocycles. The monoisotopic (exact) mass is 405 g/mol. The fourth-order valence-electron chi connectivity index (χ4n) is 2.70. The van der Waals surface area contributed by atoms with Crippen LogP contribution in [0.3, 0.4) is 0 Å². The summed E-state index contributed by atoms with van der Waals surface area (Å²) < 4.78 is 99.5. The van der Waals surface area contributed by atoms with Crippen LogP contribution >= 0.6 is 0 Å². The first-order chi connectivity index (χ1) is 12.5. The Kier molecular flexibility index (Phi) is 4.68. The summed E-state index contributed by atoms with van der Waals surface area (Å²) >= 11 is 0. The highest BCUT2D eigenvalue weighted by Gasteiger charge is 2.44. The predicted molar refractivity (Wildman–Crippen MR) is 84.1 cm³/mol. The Hall–Kier alpha value is -2.53. The van der Waals surface area contributed by atoms with E-state index in [9.17, 15) is 34.9 Å². The van der Waals surface area contributed by atoms with Crippen LogP contribution in [0.1, 0.15) is 18.0 Å². The molecular formula is C16H10F5N2O3S-. The summed E-state index contributed by atoms with van der Waals surface area (Å²) in [6.07, 6.45) is -5.45. The van der Waals surface area contributed by atoms with Crippen molar-refractivity contribution in [2.75, 3.05) is 5.01 Å². The smallest absolute Gasteiger partial charge is 0.431 e. The molecule has 144 valence electrons. The van der Waals surface area contributed by atoms with Crippen LogP contribution in [-0.2, 0) is 10.1 Å². The zero-order valence-electron chi connectivity index (χ0n) is 13.2. The van der Waals surface area contributed by atoms with E-state index < -0.39 is 51.0 Å². The summed E-state index contributed by atoms with van der Waals surface area (Å²) in [4.78, 5) is -0.574. The summed E-state index contributed by atoms with van der Waals surface area (Å²) in [5.74, 6) is -1.93. The Bertz CT molecular complexity index is 1000. The van der Waals surface area contributed by atoms with E-state index in [0.29, 0.717) is 6.07 Å². The van der Waals surface area contributed by atoms with Crippen molar-refractivity contribution >= 4 is 21.5 Å². The first-order valence-electron chi connectivity index (χ1n) is 7.41. The maximum absolute atomic E-state index is 14.1. The molecular weight excluding hydrogens is 395 g/mol. The van der Waals surface area contributed by atoms with Crippen molar-refractivity contribution in [1.82, 2.24) is 0 Å². The number of anilines is 1. The molecule has 1 unspecified atom stereocenters. The van der Waals surface area contributed by atoms with E-state index in [1.165, 1.54) is 0 Å². The van der Waals surface area contributed by atoms with E-state index in [4.69, 9.17) is 0 Å². The molecule has 1 aliphatic rings. The van der Waals surface area contributed by atoms with Gasteiger partial charge in [-0.3, -0.25) is 5.01 Å². The maximum atomic E-state index is 14.1. The molecule has 5 nitrogen and oxygen atoms in total. The van der Waals surface area contributed by atoms with Gasteiger partial charge in [-0.25, -0.2) is 17.2 Å². The van der Waals surface area contributed by atoms with E-state index in [-0.39, 0.29) is 11.3 Å². The van der Waals surface area contributed by atoms with Gasteiger partial charge in [-0.2, -0.15) is 18.3 Å². The molecule has 1 heterocycles. The second-order valence-corrected chi connectivity index (χ2v) is 7.10. The molecule has 27 heavy (non-hydrogen) atoms. The van der Waals surface area contributed by atoms with Gasteiger partial charge < -0.3 is 4.55 Å². The van der Waals surface area contributed by atoms with Gasteiger partial charge in [-0.15, -0.1) is 0 Å². The van der Waals surface area contributed by atoms with Crippen LogP contribution in [0, 0.1) is 11.6 Å². The van der Waals surface area contributed by atoms with Crippen molar-refractivity contribution < 1.29 is 34.9 Å². The molecule has 2 aromatic carbocycles. The number of nitrogens with zero attached hydrogens (tertiary/aromatic N) is 2. The van der Waals surface area contributed by atoms with Gasteiger partial charge in [0.1, 0.15) is 27.5 Å². The minimum atomic E-state index is -4.76. The van der Waals surface area contributed by atoms with Crippen molar-refractivity contribution in [1.29, 1.82) is 0 Å². The first kappa shape index (κ1) is 19.2. The fraction of sp³-hybridized carbons (Fsp3) is 0.188. The Morgan fingerprint density at radius 2 is 1.70 bits per heavy atom. The first-order valence-corrected chi connectivity index (χ1v) is 8.82. The van der Waals surface area contributed by atoms with Crippen LogP contribution < -0.4 is 5.01 Å². The van der Waals surface area contributed by atoms with Crippen molar-refractivity contribution in [2.24, 2.45) is 5.10 Å². The molecule has 0 fully saturated rings. The SMILES string of the molecule is O=S(=O)([O-])c1ccc(N2N=C(C(F)(F)F)CC2c2ccc(F)cc2F)cc1. The molecule has 1 atom stereocenters. The largest absolute Gasteiger partial charge is 0.744 e. The van der Waals surface area contributed by atoms with Gasteiger partial charge in [0.25, 0.3) is 0 Å². The molecule has 2 aromatic rings. The van der Waals surface area contributed by atoms with Crippen molar-refractivity contribution in [3.63, 3.8) is 0 Å². The van der Waals surface area contributed by atoms with Crippen LogP contribution in [0.5, 0.6) is 0 Å². The Labute approximate surface area is 150 Å². The zero-order valence-corrected chi connectivity index (χ0v) is 14.1. The van der Waals surface area contributed by atoms with Gasteiger partial charge in [-0.1, -0.05) is 6.07 Å². The van der Waals surface area contributed by atoms with Gasteiger partial charge in [0, 0.05) is 18.1 Å². The van der Waals surface area contributed by atoms with Gasteiger partial charge in [0.15, 0.2) is 0 Å². The molecule has 0 amide bonds. The van der Waals surface area contributed by atoms with E-state index in [2.05, 4.69) is 5.10 Å². The topological polar surface area (TPSA) is 72.8 Å². The lowest BCUT2D eigenvalue weighted by Gasteiger charge is -2.24. The lowest BCUT2D eigenvalue weighted by Crippen LogP contribution is -2.22. The second-order valence-electron chi connectivity index (χ2n) is 5.72. The van der Waals surface area contributed by atoms with Crippen molar-refractivity contribution in [3.05, 3.63) is 59.7 Å². The number of hydrogen-bond acceptors (Lipinski definition) is 5. The number of halogens is 5. The predicted octanol–water partition coefficient (Wildman–Crippen LogP) is 3.74. The number of rotatable bonds is 3. The van der Waals surface area contributed by atoms with Crippen LogP contribution in [0.25, 0.3) is 0 Å². The summed E-state index contributed by atoms with van der Waals surface area (Å²) in [6, 6.07) is 5.25. The molecule has 0 radical (unpaired) electrons. The van der Waals surface area contributed by atoms with Gasteiger partial charge in [-0.05, 0) is 30.3 Å². The summed E-state index contributed by atoms with van der Waals surface area (Å²) in [6.45, 7) is 0. The molecule has 0 aliphatic carbocycles. The minimum Gasteiger partial charge on any atom is -0.744 e. The average Bonchev–Trinajstić information content (AvgIpc) is 2.99. The van der Waals surface area contributed by atoms with Crippen LogP contribution in [0.15, 0.2) is 52.5 Å². The fourth-order valence-corrected chi connectivity index (χ4v) is 3.17. The minimum absolute atomic E-state index is 0.00961. The van der Waals surface area contributed by atoms with Crippen LogP contribution in [0.2, 0.25) is 0 Å². The van der Waals surface area contributed by atoms with E-state index in [1.54, 1.807) is 0 Å². The number of alkyl halides is 3. The summed E-state index contributed by atoms with van der Waals surface area (Å²) in [5, 5.41) is 4.34. The summed E-state index contributed by atoms with van der Waals surface area (Å²) in [7, 11) is -4.74. The third kappa shape index (κ3) is 3.93. The van der Waals surface area contributed by atoms with Gasteiger partial charge in [0.05, 0.1) is 16.6 Å². The maximum Gasteiger partial charge on any atom is 0.431 e. The molecule has 11 heteroatoms. The quantitative estimate of drug-likeness (QED) is 0.576. The molecule has 0 saturated carbocycles. The van der Waals surface area contributed by atoms with E-state index >= 15 is 0 Å². The highest BCUT2D eigenvalue weighted by Crippen LogP contribution is 2.40. The molecule has 0 spiro atoms. The third-order valence-corrected chi connectivity index (χ3v) is 4.80. The van der Waals surface area contributed by atoms with Crippen LogP contribution in [0.4, 0.5) is 27.6 Å². The number of hydrogen-bond donors (Lipinski definition) is 0. The van der Waals surface area contributed by atoms with Crippen LogP contribution in [-0.4, -0.2) is 24.9 Å². The Morgan fingerprint density at radius 1 is 1.07 bits per heavy atom. The normalized spacial score (nSPS) is 17.9. The van der Waals surface area contributed by atoms with Crippen molar-refractivity contribution in [3.8, 4) is 0 Å². The molecule has 0 N–H and O–H groups in total. The molecule has 0 bridgehead atoms. The van der Waals surface area contributed by atoms with E-state index in [1.807, 2.05) is 0 Å². The second kappa shape index (κ2) is 6.57. The lowest BCUT2D eigenvalue weighted by molar-refractivity contribution is -0.0600. The van der Waals surface area contributed by atoms with Crippen molar-refractivity contribution in [2.45, 2.75) is 23.5 Å². The standard InChI is InChI=1S/C16H11F5N2O3S/c17-9-1-6-12(13(18)7-9)14-8-15(16(19,20)21)22-23(14)10-2-4-11(5-3-10)27(24,25)26/h1-7,14H,8H2,(H,24,25,26)/p-1. The van der Waals surface area contributed by atoms with E-state index in [0.717, 1.165) is 41.4 Å². The zero-order chi connectivity index (χ0) is 20.0. The average molecular weight is 405 g/mol. The highest BCUT2D eigenvalue weighted by molar-refractivity contribution is 7.85. The molecule has 0 saturated heterocycles. The lowest BCUT2D eigenvalue weighted by atomic mass is 10.0. The third-order valence-electron chi connectivity index (χ3n) is 3.95.